The molecule has 3 atom stereocenters. The second-order valence-corrected chi connectivity index (χ2v) is 8.26. The van der Waals surface area contributed by atoms with Crippen molar-refractivity contribution in [2.45, 2.75) is 52.3 Å². The molecule has 0 unspecified atom stereocenters. The average Bonchev–Trinajstić information content (AvgIpc) is 3.29. The quantitative estimate of drug-likeness (QED) is 0.715. The Morgan fingerprint density at radius 3 is 2.53 bits per heavy atom. The number of hydrogen-bond donors (Lipinski definition) is 1. The van der Waals surface area contributed by atoms with Gasteiger partial charge < -0.3 is 15.0 Å². The number of fused-ring (bicyclic) bond motifs is 2. The average molecular weight is 479 g/mol. The maximum Gasteiger partial charge on any atom is 0.252 e. The molecule has 1 N–H and O–H groups in total. The van der Waals surface area contributed by atoms with Crippen LogP contribution in [0, 0.1) is 5.92 Å². The zero-order valence-electron chi connectivity index (χ0n) is 17.8. The Morgan fingerprint density at radius 1 is 1.12 bits per heavy atom. The number of amides is 2. The van der Waals surface area contributed by atoms with Crippen molar-refractivity contribution in [2.75, 3.05) is 13.2 Å². The first-order valence-corrected chi connectivity index (χ1v) is 10.2. The van der Waals surface area contributed by atoms with Gasteiger partial charge in [0.25, 0.3) is 5.91 Å². The van der Waals surface area contributed by atoms with E-state index in [-0.39, 0.29) is 70.6 Å². The molecular formula is C24H34N2O4S2. The Kier molecular flexibility index (Phi) is 10.3. The van der Waals surface area contributed by atoms with E-state index in [2.05, 4.69) is 5.32 Å². The molecule has 0 radical (unpaired) electrons. The highest BCUT2D eigenvalue weighted by Crippen LogP contribution is 2.28. The number of ether oxygens (including phenoxy) is 1. The van der Waals surface area contributed by atoms with Gasteiger partial charge in [0.15, 0.2) is 5.78 Å². The van der Waals surface area contributed by atoms with E-state index >= 15 is 0 Å². The van der Waals surface area contributed by atoms with Gasteiger partial charge in [-0.3, -0.25) is 14.4 Å². The molecule has 8 heteroatoms. The van der Waals surface area contributed by atoms with Gasteiger partial charge in [-0.25, -0.2) is 0 Å². The van der Waals surface area contributed by atoms with E-state index in [0.29, 0.717) is 24.9 Å². The predicted octanol–water partition coefficient (Wildman–Crippen LogP) is 3.41. The van der Waals surface area contributed by atoms with Gasteiger partial charge in [0.05, 0.1) is 6.10 Å². The van der Waals surface area contributed by atoms with Gasteiger partial charge in [-0.15, -0.1) is 0 Å². The normalized spacial score (nSPS) is 20.1. The molecule has 0 saturated carbocycles. The number of Topliss-reactive ketones (excluding diaryl/α,β-unsaturated/α-hetero) is 1. The summed E-state index contributed by atoms with van der Waals surface area (Å²) in [5.41, 5.74) is 0.546. The first-order valence-electron chi connectivity index (χ1n) is 10.2. The second-order valence-electron chi connectivity index (χ2n) is 8.26. The van der Waals surface area contributed by atoms with Crippen molar-refractivity contribution in [1.82, 2.24) is 10.2 Å². The lowest BCUT2D eigenvalue weighted by Crippen LogP contribution is -2.52. The standard InChI is InChI=1S/C23H26N2O4.CH4.2H2S/c1-14(2)12-18(23(28)25-11-10-20-21(25)19(26)13-29-20)24-22(27)17-9-5-7-15-6-3-4-8-16(15)17;;;/h3-9,14,18,20-21H,10-13H2,1-2H3,(H,24,27);1H4;2*1H2/t18-,20+,21+;;;/m0.../s1. The van der Waals surface area contributed by atoms with Crippen LogP contribution in [0.2, 0.25) is 0 Å². The highest BCUT2D eigenvalue weighted by molar-refractivity contribution is 7.59. The first kappa shape index (κ1) is 28.0. The number of hydrogen-bond acceptors (Lipinski definition) is 4. The summed E-state index contributed by atoms with van der Waals surface area (Å²) in [7, 11) is 0. The fraction of sp³-hybridized carbons (Fsp3) is 0.458. The summed E-state index contributed by atoms with van der Waals surface area (Å²) in [5.74, 6) is -0.306. The smallest absolute Gasteiger partial charge is 0.252 e. The van der Waals surface area contributed by atoms with Gasteiger partial charge >= 0.3 is 0 Å². The Bertz CT molecular complexity index is 961. The molecule has 2 fully saturated rings. The van der Waals surface area contributed by atoms with Crippen LogP contribution >= 0.6 is 27.0 Å². The van der Waals surface area contributed by atoms with Gasteiger partial charge in [-0.05, 0) is 35.6 Å². The molecule has 2 heterocycles. The van der Waals surface area contributed by atoms with Crippen LogP contribution in [0.15, 0.2) is 42.5 Å². The van der Waals surface area contributed by atoms with E-state index in [1.165, 1.54) is 0 Å². The van der Waals surface area contributed by atoms with Gasteiger partial charge in [0, 0.05) is 12.1 Å². The van der Waals surface area contributed by atoms with E-state index < -0.39 is 12.1 Å². The third kappa shape index (κ3) is 5.47. The van der Waals surface area contributed by atoms with Crippen molar-refractivity contribution < 1.29 is 19.1 Å². The number of ketones is 1. The van der Waals surface area contributed by atoms with Crippen molar-refractivity contribution in [3.63, 3.8) is 0 Å². The summed E-state index contributed by atoms with van der Waals surface area (Å²) in [4.78, 5) is 40.2. The van der Waals surface area contributed by atoms with Crippen molar-refractivity contribution in [1.29, 1.82) is 0 Å². The summed E-state index contributed by atoms with van der Waals surface area (Å²) in [5, 5.41) is 4.77. The molecule has 2 amide bonds. The molecule has 0 aliphatic carbocycles. The Hall–Kier alpha value is -2.03. The number of nitrogens with zero attached hydrogens (tertiary/aromatic N) is 1. The first-order chi connectivity index (χ1) is 14.0. The van der Waals surface area contributed by atoms with Crippen LogP contribution in [0.4, 0.5) is 0 Å². The van der Waals surface area contributed by atoms with Gasteiger partial charge in [-0.1, -0.05) is 57.7 Å². The SMILES string of the molecule is C.CC(C)C[C@H](NC(=O)c1cccc2ccccc12)C(=O)N1CC[C@H]2OCC(=O)[C@H]21.S.S. The van der Waals surface area contributed by atoms with Gasteiger partial charge in [-0.2, -0.15) is 27.0 Å². The number of nitrogens with one attached hydrogen (secondary N) is 1. The highest BCUT2D eigenvalue weighted by Gasteiger charge is 2.48. The summed E-state index contributed by atoms with van der Waals surface area (Å²) < 4.78 is 5.50. The Morgan fingerprint density at radius 2 is 1.81 bits per heavy atom. The minimum atomic E-state index is -0.673. The van der Waals surface area contributed by atoms with Crippen LogP contribution in [0.1, 0.15) is 44.5 Å². The van der Waals surface area contributed by atoms with Crippen molar-refractivity contribution >= 4 is 55.4 Å². The van der Waals surface area contributed by atoms with Crippen LogP contribution in [-0.2, 0) is 14.3 Å². The monoisotopic (exact) mass is 478 g/mol. The number of carbonyl (C=O) groups excluding carboxylic acids is 3. The minimum absolute atomic E-state index is 0. The highest BCUT2D eigenvalue weighted by atomic mass is 32.1. The molecule has 2 aromatic rings. The van der Waals surface area contributed by atoms with Crippen LogP contribution in [-0.4, -0.2) is 53.8 Å². The third-order valence-electron chi connectivity index (χ3n) is 5.74. The topological polar surface area (TPSA) is 75.7 Å². The number of likely N-dealkylation sites (tertiary alicyclic amines) is 1. The number of rotatable bonds is 5. The lowest BCUT2D eigenvalue weighted by atomic mass is 10.00. The zero-order valence-corrected chi connectivity index (χ0v) is 19.8. The van der Waals surface area contributed by atoms with E-state index in [0.717, 1.165) is 10.8 Å². The molecule has 2 aliphatic heterocycles. The fourth-order valence-electron chi connectivity index (χ4n) is 4.39. The molecule has 0 aromatic heterocycles. The lowest BCUT2D eigenvalue weighted by molar-refractivity contribution is -0.138. The van der Waals surface area contributed by atoms with Gasteiger partial charge in [0.1, 0.15) is 18.7 Å². The Labute approximate surface area is 204 Å². The van der Waals surface area contributed by atoms with E-state index in [1.807, 2.05) is 50.2 Å². The molecule has 176 valence electrons. The molecule has 4 rings (SSSR count). The largest absolute Gasteiger partial charge is 0.368 e. The van der Waals surface area contributed by atoms with Crippen LogP contribution < -0.4 is 5.32 Å². The number of carbonyl (C=O) groups is 3. The molecular weight excluding hydrogens is 444 g/mol. The minimum Gasteiger partial charge on any atom is -0.368 e. The molecule has 0 bridgehead atoms. The van der Waals surface area contributed by atoms with Crippen molar-refractivity contribution in [3.05, 3.63) is 48.0 Å². The third-order valence-corrected chi connectivity index (χ3v) is 5.74. The molecule has 32 heavy (non-hydrogen) atoms. The van der Waals surface area contributed by atoms with E-state index in [4.69, 9.17) is 4.74 Å². The van der Waals surface area contributed by atoms with Crippen molar-refractivity contribution in [2.24, 2.45) is 5.92 Å². The fourth-order valence-corrected chi connectivity index (χ4v) is 4.39. The summed E-state index contributed by atoms with van der Waals surface area (Å²) in [6.07, 6.45) is 0.964. The summed E-state index contributed by atoms with van der Waals surface area (Å²) >= 11 is 0. The van der Waals surface area contributed by atoms with Crippen LogP contribution in [0.5, 0.6) is 0 Å². The van der Waals surface area contributed by atoms with Crippen LogP contribution in [0.25, 0.3) is 10.8 Å². The predicted molar refractivity (Wildman–Crippen MR) is 137 cm³/mol. The molecule has 0 spiro atoms. The second kappa shape index (κ2) is 11.7. The van der Waals surface area contributed by atoms with Crippen molar-refractivity contribution in [3.8, 4) is 0 Å². The lowest BCUT2D eigenvalue weighted by Gasteiger charge is -2.28. The molecule has 2 saturated heterocycles. The summed E-state index contributed by atoms with van der Waals surface area (Å²) in [6.45, 7) is 4.58. The summed E-state index contributed by atoms with van der Waals surface area (Å²) in [6, 6.07) is 12.1. The van der Waals surface area contributed by atoms with E-state index in [1.54, 1.807) is 11.0 Å². The maximum atomic E-state index is 13.3. The zero-order chi connectivity index (χ0) is 20.5. The maximum absolute atomic E-state index is 13.3. The van der Waals surface area contributed by atoms with Gasteiger partial charge in [0.2, 0.25) is 5.91 Å². The molecule has 2 aromatic carbocycles. The van der Waals surface area contributed by atoms with E-state index in [9.17, 15) is 14.4 Å². The number of benzene rings is 2. The molecule has 2 aliphatic rings. The molecule has 6 nitrogen and oxygen atoms in total. The van der Waals surface area contributed by atoms with Crippen LogP contribution in [0.3, 0.4) is 0 Å². The Balaban J connectivity index is 0.00000171.